The van der Waals surface area contributed by atoms with E-state index in [1.54, 1.807) is 6.92 Å². The Morgan fingerprint density at radius 1 is 0.808 bits per heavy atom. The van der Waals surface area contributed by atoms with Gasteiger partial charge in [-0.15, -0.1) is 0 Å². The van der Waals surface area contributed by atoms with Crippen LogP contribution in [0.15, 0.2) is 0 Å². The number of ether oxygens (including phenoxy) is 1. The van der Waals surface area contributed by atoms with Gasteiger partial charge in [0.15, 0.2) is 0 Å². The Morgan fingerprint density at radius 2 is 1.27 bits per heavy atom. The molecule has 0 atom stereocenters. The molecule has 0 unspecified atom stereocenters. The lowest BCUT2D eigenvalue weighted by atomic mass is 9.93. The monoisotopic (exact) mass is 406 g/mol. The van der Waals surface area contributed by atoms with Gasteiger partial charge in [0.2, 0.25) is 0 Å². The topological polar surface area (TPSA) is 157 Å². The molecule has 0 rings (SSSR count). The summed E-state index contributed by atoms with van der Waals surface area (Å²) in [5.41, 5.74) is -1.79. The van der Waals surface area contributed by atoms with Gasteiger partial charge in [-0.2, -0.15) is 16.8 Å². The molecule has 26 heavy (non-hydrogen) atoms. The van der Waals surface area contributed by atoms with Crippen molar-refractivity contribution < 1.29 is 44.2 Å². The minimum atomic E-state index is -4.89. The van der Waals surface area contributed by atoms with Gasteiger partial charge in [-0.1, -0.05) is 5.92 Å². The van der Waals surface area contributed by atoms with Crippen LogP contribution in [0.4, 0.5) is 0 Å². The van der Waals surface area contributed by atoms with Crippen molar-refractivity contribution in [3.63, 3.8) is 0 Å². The first kappa shape index (κ1) is 23.7. The van der Waals surface area contributed by atoms with E-state index < -0.39 is 52.6 Å². The Kier molecular flexibility index (Phi) is 10.4. The van der Waals surface area contributed by atoms with Crippen LogP contribution in [0.1, 0.15) is 6.92 Å². The van der Waals surface area contributed by atoms with E-state index in [4.69, 9.17) is 13.8 Å². The molecule has 0 aromatic carbocycles. The highest BCUT2D eigenvalue weighted by Crippen LogP contribution is 2.20. The molecule has 0 amide bonds. The van der Waals surface area contributed by atoms with Crippen LogP contribution in [0.2, 0.25) is 0 Å². The average Bonchev–Trinajstić information content (AvgIpc) is 2.54. The van der Waals surface area contributed by atoms with E-state index in [2.05, 4.69) is 55.9 Å². The van der Waals surface area contributed by atoms with Crippen molar-refractivity contribution in [3.05, 3.63) is 0 Å². The van der Waals surface area contributed by atoms with Crippen LogP contribution in [0.3, 0.4) is 0 Å². The molecule has 0 bridgehead atoms. The van der Waals surface area contributed by atoms with Gasteiger partial charge in [0.25, 0.3) is 0 Å². The lowest BCUT2D eigenvalue weighted by Crippen LogP contribution is -2.41. The van der Waals surface area contributed by atoms with Gasteiger partial charge in [-0.3, -0.25) is 9.11 Å². The minimum Gasteiger partial charge on any atom is -0.445 e. The highest BCUT2D eigenvalue weighted by Gasteiger charge is 2.35. The van der Waals surface area contributed by atoms with Crippen LogP contribution in [0.25, 0.3) is 0 Å². The number of aliphatic hydroxyl groups is 1. The quantitative estimate of drug-likeness (QED) is 0.308. The van der Waals surface area contributed by atoms with E-state index >= 15 is 0 Å². The highest BCUT2D eigenvalue weighted by molar-refractivity contribution is 7.81. The molecule has 0 aliphatic rings. The zero-order chi connectivity index (χ0) is 20.1. The summed E-state index contributed by atoms with van der Waals surface area (Å²) in [6.45, 7) is -1.73. The van der Waals surface area contributed by atoms with Gasteiger partial charge in [0.05, 0.1) is 25.2 Å². The third-order valence-electron chi connectivity index (χ3n) is 2.30. The molecule has 10 nitrogen and oxygen atoms in total. The van der Waals surface area contributed by atoms with Crippen LogP contribution < -0.4 is 0 Å². The minimum absolute atomic E-state index is 0.587. The second kappa shape index (κ2) is 11.4. The molecule has 142 valence electrons. The summed E-state index contributed by atoms with van der Waals surface area (Å²) < 4.78 is 72.8. The van der Waals surface area contributed by atoms with Crippen LogP contribution in [-0.4, -0.2) is 57.5 Å². The Labute approximate surface area is 151 Å². The first-order chi connectivity index (χ1) is 12.0. The highest BCUT2D eigenvalue weighted by atomic mass is 32.3. The summed E-state index contributed by atoms with van der Waals surface area (Å²) >= 11 is 0. The normalized spacial score (nSPS) is 10.6. The predicted molar refractivity (Wildman–Crippen MR) is 87.3 cm³/mol. The largest absolute Gasteiger partial charge is 0.445 e. The van der Waals surface area contributed by atoms with Crippen molar-refractivity contribution in [3.8, 4) is 47.5 Å². The average molecular weight is 406 g/mol. The lowest BCUT2D eigenvalue weighted by Gasteiger charge is -2.28. The number of hydrogen-bond acceptors (Lipinski definition) is 8. The van der Waals surface area contributed by atoms with Gasteiger partial charge in [0, 0.05) is 17.8 Å². The van der Waals surface area contributed by atoms with Crippen LogP contribution in [-0.2, 0) is 33.9 Å². The van der Waals surface area contributed by atoms with Gasteiger partial charge in [-0.05, 0) is 24.7 Å². The number of rotatable bonds is 9. The maximum absolute atomic E-state index is 10.7. The molecule has 0 aromatic heterocycles. The van der Waals surface area contributed by atoms with Gasteiger partial charge < -0.3 is 9.84 Å². The summed E-state index contributed by atoms with van der Waals surface area (Å²) in [4.78, 5) is 0. The van der Waals surface area contributed by atoms with Crippen molar-refractivity contribution in [2.24, 2.45) is 5.41 Å². The van der Waals surface area contributed by atoms with E-state index in [-0.39, 0.29) is 0 Å². The molecule has 0 radical (unpaired) electrons. The summed E-state index contributed by atoms with van der Waals surface area (Å²) in [7, 11) is -9.78. The van der Waals surface area contributed by atoms with Crippen molar-refractivity contribution in [2.45, 2.75) is 6.92 Å². The second-order valence-corrected chi connectivity index (χ2v) is 6.61. The third-order valence-corrected chi connectivity index (χ3v) is 3.13. The van der Waals surface area contributed by atoms with Crippen molar-refractivity contribution in [2.75, 3.05) is 26.4 Å². The van der Waals surface area contributed by atoms with Gasteiger partial charge in [0.1, 0.15) is 12.7 Å². The van der Waals surface area contributed by atoms with Crippen molar-refractivity contribution in [1.29, 1.82) is 0 Å². The molecule has 0 saturated carbocycles. The first-order valence-electron chi connectivity index (χ1n) is 6.42. The molecule has 0 fully saturated rings. The Bertz CT molecular complexity index is 883. The Hall–Kier alpha value is -2.26. The molecule has 3 N–H and O–H groups in total. The third kappa shape index (κ3) is 13.1. The van der Waals surface area contributed by atoms with E-state index in [1.807, 2.05) is 0 Å². The maximum atomic E-state index is 10.7. The van der Waals surface area contributed by atoms with Crippen molar-refractivity contribution >= 4 is 20.8 Å². The predicted octanol–water partition coefficient (Wildman–Crippen LogP) is -1.39. The number of aliphatic hydroxyl groups excluding tert-OH is 1. The summed E-state index contributed by atoms with van der Waals surface area (Å²) in [5.74, 6) is 16.6. The fourth-order valence-electron chi connectivity index (χ4n) is 1.10. The van der Waals surface area contributed by atoms with E-state index in [0.717, 1.165) is 0 Å². The maximum Gasteiger partial charge on any atom is 0.397 e. The molecule has 12 heteroatoms. The van der Waals surface area contributed by atoms with Crippen LogP contribution in [0.5, 0.6) is 0 Å². The molecular formula is C14H14O10S2. The summed E-state index contributed by atoms with van der Waals surface area (Å²) in [6, 6.07) is 0. The van der Waals surface area contributed by atoms with E-state index in [1.165, 1.54) is 0 Å². The summed E-state index contributed by atoms with van der Waals surface area (Å²) in [5, 5.41) is 9.39. The van der Waals surface area contributed by atoms with Gasteiger partial charge >= 0.3 is 20.8 Å². The van der Waals surface area contributed by atoms with Crippen LogP contribution >= 0.6 is 0 Å². The summed E-state index contributed by atoms with van der Waals surface area (Å²) in [6.07, 6.45) is 2.09. The standard InChI is InChI=1S/C14H14O10S2/c1-2-3-4-5-6-7-8-9-22-11-14(10-15,12-23-25(16,17)18)13-24-26(19,20)21/h15H,10-13H2,1H3,(H,16,17,18)(H,19,20,21). The number of hydrogen-bond donors (Lipinski definition) is 3. The SMILES string of the molecule is CC#CC#CC#CC#COCC(CO)(COS(=O)(=O)O)COS(=O)(=O)O. The van der Waals surface area contributed by atoms with Crippen molar-refractivity contribution in [1.82, 2.24) is 0 Å². The molecule has 0 aliphatic carbocycles. The smallest absolute Gasteiger partial charge is 0.397 e. The lowest BCUT2D eigenvalue weighted by molar-refractivity contribution is -0.0201. The zero-order valence-corrected chi connectivity index (χ0v) is 15.0. The fourth-order valence-corrected chi connectivity index (χ4v) is 1.90. The molecular weight excluding hydrogens is 392 g/mol. The molecule has 0 aliphatic heterocycles. The molecule has 0 spiro atoms. The molecule has 0 heterocycles. The Morgan fingerprint density at radius 3 is 1.69 bits per heavy atom. The fraction of sp³-hybridized carbons (Fsp3) is 0.429. The Balaban J connectivity index is 5.05. The second-order valence-electron chi connectivity index (χ2n) is 4.43. The van der Waals surface area contributed by atoms with E-state index in [9.17, 15) is 21.9 Å². The van der Waals surface area contributed by atoms with E-state index in [0.29, 0.717) is 0 Å². The zero-order valence-electron chi connectivity index (χ0n) is 13.3. The molecule has 0 aromatic rings. The first-order valence-corrected chi connectivity index (χ1v) is 9.15. The van der Waals surface area contributed by atoms with Crippen LogP contribution in [0, 0.1) is 53.0 Å². The van der Waals surface area contributed by atoms with Gasteiger partial charge in [-0.25, -0.2) is 8.37 Å². The molecule has 0 saturated heterocycles.